The van der Waals surface area contributed by atoms with E-state index in [4.69, 9.17) is 0 Å². The summed E-state index contributed by atoms with van der Waals surface area (Å²) in [6.07, 6.45) is 0.306. The zero-order valence-corrected chi connectivity index (χ0v) is 20.9. The number of nitrogens with one attached hydrogen (secondary N) is 1. The van der Waals surface area contributed by atoms with Gasteiger partial charge in [0.2, 0.25) is 10.0 Å². The molecule has 5 nitrogen and oxygen atoms in total. The van der Waals surface area contributed by atoms with Gasteiger partial charge in [0.25, 0.3) is 0 Å². The number of fused-ring (bicyclic) bond motifs is 1. The van der Waals surface area contributed by atoms with Crippen LogP contribution in [-0.4, -0.2) is 50.6 Å². The number of hydrogen-bond acceptors (Lipinski definition) is 4. The molecule has 35 heavy (non-hydrogen) atoms. The molecule has 1 N–H and O–H groups in total. The Morgan fingerprint density at radius 1 is 1.14 bits per heavy atom. The standard InChI is InChI=1S/C24H25F4N3O2S.ClH/c1-14-18-6-5-15(4-3-8-29-2)10-21(18)30-24(23(14)28)22-19(26)11-17(12-20(22)27)34(32,33)31-9-7-16(25)13-31;/h5-6,10-12,16,29H,3-4,7-9,13H2,1-2H3;1H/t16-;/m0./s1. The van der Waals surface area contributed by atoms with Gasteiger partial charge in [0.1, 0.15) is 23.5 Å². The van der Waals surface area contributed by atoms with Gasteiger partial charge in [0, 0.05) is 18.5 Å². The number of sulfonamides is 1. The molecule has 1 saturated heterocycles. The summed E-state index contributed by atoms with van der Waals surface area (Å²) in [5.74, 6) is -3.40. The lowest BCUT2D eigenvalue weighted by Gasteiger charge is -2.17. The highest BCUT2D eigenvalue weighted by Crippen LogP contribution is 2.34. The van der Waals surface area contributed by atoms with Crippen molar-refractivity contribution < 1.29 is 26.0 Å². The molecule has 2 aromatic carbocycles. The van der Waals surface area contributed by atoms with Gasteiger partial charge in [-0.2, -0.15) is 4.31 Å². The Morgan fingerprint density at radius 3 is 2.43 bits per heavy atom. The topological polar surface area (TPSA) is 62.3 Å². The maximum absolute atomic E-state index is 15.2. The van der Waals surface area contributed by atoms with Gasteiger partial charge in [-0.3, -0.25) is 0 Å². The summed E-state index contributed by atoms with van der Waals surface area (Å²) in [6, 6.07) is 6.63. The lowest BCUT2D eigenvalue weighted by atomic mass is 10.0. The van der Waals surface area contributed by atoms with Gasteiger partial charge in [0.05, 0.1) is 16.0 Å². The molecule has 4 rings (SSSR count). The van der Waals surface area contributed by atoms with Crippen molar-refractivity contribution >= 4 is 33.3 Å². The van der Waals surface area contributed by atoms with E-state index in [0.717, 1.165) is 29.3 Å². The first-order valence-corrected chi connectivity index (χ1v) is 12.4. The van der Waals surface area contributed by atoms with Crippen molar-refractivity contribution in [3.63, 3.8) is 0 Å². The lowest BCUT2D eigenvalue weighted by Crippen LogP contribution is -2.29. The second-order valence-corrected chi connectivity index (χ2v) is 10.4. The minimum Gasteiger partial charge on any atom is -0.320 e. The Balaban J connectivity index is 0.00000342. The quantitative estimate of drug-likeness (QED) is 0.347. The van der Waals surface area contributed by atoms with Gasteiger partial charge >= 0.3 is 0 Å². The average Bonchev–Trinajstić information content (AvgIpc) is 3.24. The number of halogens is 5. The molecule has 0 unspecified atom stereocenters. The normalized spacial score (nSPS) is 16.6. The number of hydrogen-bond donors (Lipinski definition) is 1. The van der Waals surface area contributed by atoms with Crippen molar-refractivity contribution in [3.8, 4) is 11.3 Å². The molecule has 190 valence electrons. The van der Waals surface area contributed by atoms with E-state index < -0.39 is 49.8 Å². The summed E-state index contributed by atoms with van der Waals surface area (Å²) in [7, 11) is -2.44. The first kappa shape index (κ1) is 27.3. The SMILES string of the molecule is CNCCCc1ccc2c(C)c(F)c(-c3c(F)cc(S(=O)(=O)N4CC[C@H](F)C4)cc3F)nc2c1.Cl. The van der Waals surface area contributed by atoms with E-state index in [1.807, 2.05) is 13.1 Å². The molecule has 0 bridgehead atoms. The minimum absolute atomic E-state index is 0. The fraction of sp³-hybridized carbons (Fsp3) is 0.375. The molecule has 1 aliphatic rings. The summed E-state index contributed by atoms with van der Waals surface area (Å²) in [6.45, 7) is 1.86. The van der Waals surface area contributed by atoms with Crippen molar-refractivity contribution in [3.05, 3.63) is 58.9 Å². The Bertz CT molecular complexity index is 1330. The number of pyridine rings is 1. The Hall–Kier alpha value is -2.27. The average molecular weight is 532 g/mol. The maximum atomic E-state index is 15.2. The highest BCUT2D eigenvalue weighted by Gasteiger charge is 2.34. The van der Waals surface area contributed by atoms with Gasteiger partial charge in [-0.15, -0.1) is 12.4 Å². The number of nitrogens with zero attached hydrogens (tertiary/aromatic N) is 2. The highest BCUT2D eigenvalue weighted by atomic mass is 35.5. The van der Waals surface area contributed by atoms with Crippen LogP contribution >= 0.6 is 12.4 Å². The van der Waals surface area contributed by atoms with E-state index in [2.05, 4.69) is 10.3 Å². The molecule has 3 aromatic rings. The number of benzene rings is 2. The van der Waals surface area contributed by atoms with Crippen LogP contribution in [0.4, 0.5) is 17.6 Å². The van der Waals surface area contributed by atoms with E-state index in [-0.39, 0.29) is 37.5 Å². The maximum Gasteiger partial charge on any atom is 0.243 e. The Labute approximate surface area is 208 Å². The summed E-state index contributed by atoms with van der Waals surface area (Å²) < 4.78 is 85.1. The first-order chi connectivity index (χ1) is 16.1. The van der Waals surface area contributed by atoms with E-state index in [9.17, 15) is 12.8 Å². The van der Waals surface area contributed by atoms with Crippen LogP contribution in [0, 0.1) is 24.4 Å². The van der Waals surface area contributed by atoms with Crippen LogP contribution in [-0.2, 0) is 16.4 Å². The smallest absolute Gasteiger partial charge is 0.243 e. The van der Waals surface area contributed by atoms with Crippen molar-refractivity contribution in [2.45, 2.75) is 37.3 Å². The number of aromatic nitrogens is 1. The third-order valence-electron chi connectivity index (χ3n) is 6.11. The van der Waals surface area contributed by atoms with E-state index in [0.29, 0.717) is 23.0 Å². The molecule has 1 aliphatic heterocycles. The summed E-state index contributed by atoms with van der Waals surface area (Å²) in [5.41, 5.74) is 0.250. The van der Waals surface area contributed by atoms with Crippen LogP contribution in [0.5, 0.6) is 0 Å². The molecular formula is C24H26ClF4N3O2S. The summed E-state index contributed by atoms with van der Waals surface area (Å²) in [5, 5.41) is 3.58. The molecular weight excluding hydrogens is 506 g/mol. The van der Waals surface area contributed by atoms with Crippen LogP contribution in [0.25, 0.3) is 22.2 Å². The summed E-state index contributed by atoms with van der Waals surface area (Å²) in [4.78, 5) is 3.57. The predicted molar refractivity (Wildman–Crippen MR) is 130 cm³/mol. The largest absolute Gasteiger partial charge is 0.320 e. The first-order valence-electron chi connectivity index (χ1n) is 11.0. The third kappa shape index (κ3) is 5.30. The molecule has 1 atom stereocenters. The van der Waals surface area contributed by atoms with Crippen LogP contribution < -0.4 is 5.32 Å². The van der Waals surface area contributed by atoms with Crippen molar-refractivity contribution in [1.82, 2.24) is 14.6 Å². The summed E-state index contributed by atoms with van der Waals surface area (Å²) >= 11 is 0. The second kappa shape index (κ2) is 10.8. The van der Waals surface area contributed by atoms with Crippen LogP contribution in [0.15, 0.2) is 35.2 Å². The highest BCUT2D eigenvalue weighted by molar-refractivity contribution is 7.89. The zero-order valence-electron chi connectivity index (χ0n) is 19.2. The predicted octanol–water partition coefficient (Wildman–Crippen LogP) is 4.93. The fourth-order valence-corrected chi connectivity index (χ4v) is 5.73. The van der Waals surface area contributed by atoms with Gasteiger partial charge in [0.15, 0.2) is 5.82 Å². The Morgan fingerprint density at radius 2 is 1.83 bits per heavy atom. The van der Waals surface area contributed by atoms with E-state index in [1.165, 1.54) is 6.92 Å². The Kier molecular flexibility index (Phi) is 8.41. The minimum atomic E-state index is -4.29. The van der Waals surface area contributed by atoms with Gasteiger partial charge in [-0.05, 0) is 69.1 Å². The molecule has 0 aliphatic carbocycles. The number of alkyl halides is 1. The second-order valence-electron chi connectivity index (χ2n) is 8.47. The van der Waals surface area contributed by atoms with E-state index >= 15 is 13.2 Å². The molecule has 0 spiro atoms. The van der Waals surface area contributed by atoms with Crippen LogP contribution in [0.2, 0.25) is 0 Å². The lowest BCUT2D eigenvalue weighted by molar-refractivity contribution is 0.343. The molecule has 0 amide bonds. The van der Waals surface area contributed by atoms with Gasteiger partial charge in [-0.25, -0.2) is 31.0 Å². The molecule has 1 fully saturated rings. The molecule has 0 saturated carbocycles. The van der Waals surface area contributed by atoms with Gasteiger partial charge < -0.3 is 5.32 Å². The molecule has 11 heteroatoms. The van der Waals surface area contributed by atoms with Crippen LogP contribution in [0.3, 0.4) is 0 Å². The molecule has 1 aromatic heterocycles. The fourth-order valence-electron chi connectivity index (χ4n) is 4.22. The molecule has 2 heterocycles. The van der Waals surface area contributed by atoms with Crippen molar-refractivity contribution in [1.29, 1.82) is 0 Å². The van der Waals surface area contributed by atoms with E-state index in [1.54, 1.807) is 12.1 Å². The van der Waals surface area contributed by atoms with Gasteiger partial charge in [-0.1, -0.05) is 12.1 Å². The monoisotopic (exact) mass is 531 g/mol. The number of rotatable bonds is 7. The van der Waals surface area contributed by atoms with Crippen molar-refractivity contribution in [2.75, 3.05) is 26.7 Å². The zero-order chi connectivity index (χ0) is 24.6. The van der Waals surface area contributed by atoms with Crippen LogP contribution in [0.1, 0.15) is 24.0 Å². The molecule has 0 radical (unpaired) electrons. The number of aryl methyl sites for hydroxylation is 2. The third-order valence-corrected chi connectivity index (χ3v) is 7.95. The van der Waals surface area contributed by atoms with Crippen molar-refractivity contribution in [2.24, 2.45) is 0 Å².